The summed E-state index contributed by atoms with van der Waals surface area (Å²) in [7, 11) is 0. The molecular formula is C21H15N. The van der Waals surface area contributed by atoms with Gasteiger partial charge >= 0.3 is 0 Å². The normalized spacial score (nSPS) is 11.5. The number of nitrogens with zero attached hydrogens (tertiary/aromatic N) is 1. The third-order valence-corrected chi connectivity index (χ3v) is 3.91. The van der Waals surface area contributed by atoms with Crippen LogP contribution < -0.4 is 0 Å². The molecule has 0 aliphatic carbocycles. The predicted octanol–water partition coefficient (Wildman–Crippen LogP) is 5.56. The molecule has 0 fully saturated rings. The molecule has 4 rings (SSSR count). The lowest BCUT2D eigenvalue weighted by atomic mass is 10.0. The molecule has 0 saturated heterocycles. The Morgan fingerprint density at radius 1 is 0.682 bits per heavy atom. The van der Waals surface area contributed by atoms with Crippen LogP contribution in [0.2, 0.25) is 0 Å². The van der Waals surface area contributed by atoms with Crippen LogP contribution >= 0.6 is 0 Å². The second kappa shape index (κ2) is 5.45. The van der Waals surface area contributed by atoms with Crippen molar-refractivity contribution in [3.05, 3.63) is 90.1 Å². The monoisotopic (exact) mass is 281 g/mol. The van der Waals surface area contributed by atoms with Gasteiger partial charge < -0.3 is 0 Å². The molecule has 1 heteroatoms. The molecule has 0 aliphatic rings. The molecule has 1 nitrogen and oxygen atoms in total. The zero-order valence-electron chi connectivity index (χ0n) is 12.1. The summed E-state index contributed by atoms with van der Waals surface area (Å²) in [4.78, 5) is 4.40. The van der Waals surface area contributed by atoms with Gasteiger partial charge in [0.2, 0.25) is 0 Å². The van der Waals surface area contributed by atoms with E-state index in [9.17, 15) is 0 Å². The Morgan fingerprint density at radius 2 is 1.50 bits per heavy atom. The standard InChI is InChI=1S/C21H15N/c1-2-6-19-15-16(9-11-17(19)5-1)10-12-18-13-14-22-21-8-4-3-7-20(18)21/h1-15H. The lowest BCUT2D eigenvalue weighted by molar-refractivity contribution is 1.41. The highest BCUT2D eigenvalue weighted by molar-refractivity contribution is 5.91. The molecule has 4 aromatic rings. The molecule has 0 saturated carbocycles. The maximum atomic E-state index is 4.40. The van der Waals surface area contributed by atoms with Gasteiger partial charge in [0.25, 0.3) is 0 Å². The van der Waals surface area contributed by atoms with Crippen LogP contribution in [0, 0.1) is 0 Å². The molecule has 1 aromatic heterocycles. The zero-order chi connectivity index (χ0) is 14.8. The van der Waals surface area contributed by atoms with E-state index < -0.39 is 0 Å². The van der Waals surface area contributed by atoms with E-state index in [4.69, 9.17) is 0 Å². The minimum Gasteiger partial charge on any atom is -0.256 e. The van der Waals surface area contributed by atoms with Gasteiger partial charge in [-0.25, -0.2) is 0 Å². The van der Waals surface area contributed by atoms with Gasteiger partial charge in [0, 0.05) is 11.6 Å². The molecule has 0 atom stereocenters. The molecule has 0 unspecified atom stereocenters. The molecule has 0 radical (unpaired) electrons. The van der Waals surface area contributed by atoms with Crippen molar-refractivity contribution in [2.24, 2.45) is 0 Å². The van der Waals surface area contributed by atoms with E-state index in [0.29, 0.717) is 0 Å². The Balaban J connectivity index is 1.75. The first-order valence-corrected chi connectivity index (χ1v) is 7.41. The van der Waals surface area contributed by atoms with Gasteiger partial charge in [-0.15, -0.1) is 0 Å². The molecule has 0 bridgehead atoms. The topological polar surface area (TPSA) is 12.9 Å². The molecule has 0 amide bonds. The fourth-order valence-electron chi connectivity index (χ4n) is 2.76. The first-order chi connectivity index (χ1) is 10.9. The van der Waals surface area contributed by atoms with E-state index in [1.54, 1.807) is 0 Å². The quantitative estimate of drug-likeness (QED) is 0.469. The van der Waals surface area contributed by atoms with E-state index in [0.717, 1.165) is 5.52 Å². The molecule has 0 spiro atoms. The molecule has 3 aromatic carbocycles. The lowest BCUT2D eigenvalue weighted by Crippen LogP contribution is -1.81. The summed E-state index contributed by atoms with van der Waals surface area (Å²) in [5.41, 5.74) is 3.43. The maximum Gasteiger partial charge on any atom is 0.0707 e. The summed E-state index contributed by atoms with van der Waals surface area (Å²) >= 11 is 0. The summed E-state index contributed by atoms with van der Waals surface area (Å²) in [6, 6.07) is 25.3. The molecule has 0 N–H and O–H groups in total. The van der Waals surface area contributed by atoms with Crippen LogP contribution in [0.5, 0.6) is 0 Å². The van der Waals surface area contributed by atoms with Crippen molar-refractivity contribution in [1.82, 2.24) is 4.98 Å². The van der Waals surface area contributed by atoms with E-state index in [-0.39, 0.29) is 0 Å². The fourth-order valence-corrected chi connectivity index (χ4v) is 2.76. The van der Waals surface area contributed by atoms with Crippen LogP contribution in [-0.2, 0) is 0 Å². The van der Waals surface area contributed by atoms with Crippen LogP contribution in [0.15, 0.2) is 79.0 Å². The predicted molar refractivity (Wildman–Crippen MR) is 94.6 cm³/mol. The Kier molecular flexibility index (Phi) is 3.17. The Morgan fingerprint density at radius 3 is 2.45 bits per heavy atom. The second-order valence-corrected chi connectivity index (χ2v) is 5.36. The van der Waals surface area contributed by atoms with Gasteiger partial charge in [-0.1, -0.05) is 66.7 Å². The highest BCUT2D eigenvalue weighted by atomic mass is 14.6. The van der Waals surface area contributed by atoms with Crippen molar-refractivity contribution >= 4 is 33.8 Å². The van der Waals surface area contributed by atoms with Gasteiger partial charge in [-0.3, -0.25) is 4.98 Å². The average Bonchev–Trinajstić information content (AvgIpc) is 2.60. The summed E-state index contributed by atoms with van der Waals surface area (Å²) < 4.78 is 0. The largest absolute Gasteiger partial charge is 0.256 e. The third kappa shape index (κ3) is 2.38. The van der Waals surface area contributed by atoms with Crippen LogP contribution in [0.4, 0.5) is 0 Å². The summed E-state index contributed by atoms with van der Waals surface area (Å²) in [5, 5.41) is 3.72. The maximum absolute atomic E-state index is 4.40. The van der Waals surface area contributed by atoms with Crippen molar-refractivity contribution in [2.45, 2.75) is 0 Å². The number of para-hydroxylation sites is 1. The van der Waals surface area contributed by atoms with E-state index >= 15 is 0 Å². The number of hydrogen-bond donors (Lipinski definition) is 0. The molecule has 22 heavy (non-hydrogen) atoms. The number of benzene rings is 3. The smallest absolute Gasteiger partial charge is 0.0707 e. The Bertz CT molecular complexity index is 978. The molecular weight excluding hydrogens is 266 g/mol. The SMILES string of the molecule is C(=Cc1ccnc2ccccc12)c1ccc2ccccc2c1. The highest BCUT2D eigenvalue weighted by Gasteiger charge is 1.98. The third-order valence-electron chi connectivity index (χ3n) is 3.91. The van der Waals surface area contributed by atoms with Gasteiger partial charge in [0.15, 0.2) is 0 Å². The molecule has 104 valence electrons. The van der Waals surface area contributed by atoms with Crippen LogP contribution in [-0.4, -0.2) is 4.98 Å². The van der Waals surface area contributed by atoms with Crippen molar-refractivity contribution in [2.75, 3.05) is 0 Å². The minimum absolute atomic E-state index is 1.03. The zero-order valence-corrected chi connectivity index (χ0v) is 12.1. The van der Waals surface area contributed by atoms with Crippen molar-refractivity contribution in [3.63, 3.8) is 0 Å². The van der Waals surface area contributed by atoms with E-state index in [1.807, 2.05) is 18.3 Å². The Labute approximate surface area is 129 Å². The van der Waals surface area contributed by atoms with E-state index in [2.05, 4.69) is 77.8 Å². The van der Waals surface area contributed by atoms with Gasteiger partial charge in [-0.2, -0.15) is 0 Å². The fraction of sp³-hybridized carbons (Fsp3) is 0. The van der Waals surface area contributed by atoms with Crippen LogP contribution in [0.1, 0.15) is 11.1 Å². The number of aromatic nitrogens is 1. The lowest BCUT2D eigenvalue weighted by Gasteiger charge is -2.02. The summed E-state index contributed by atoms with van der Waals surface area (Å²) in [5.74, 6) is 0. The highest BCUT2D eigenvalue weighted by Crippen LogP contribution is 2.20. The first kappa shape index (κ1) is 12.8. The van der Waals surface area contributed by atoms with Crippen molar-refractivity contribution < 1.29 is 0 Å². The summed E-state index contributed by atoms with van der Waals surface area (Å²) in [6.45, 7) is 0. The van der Waals surface area contributed by atoms with Gasteiger partial charge in [0.05, 0.1) is 5.52 Å². The van der Waals surface area contributed by atoms with E-state index in [1.165, 1.54) is 27.3 Å². The van der Waals surface area contributed by atoms with Gasteiger partial charge in [-0.05, 0) is 40.1 Å². The first-order valence-electron chi connectivity index (χ1n) is 7.41. The molecule has 1 heterocycles. The Hall–Kier alpha value is -2.93. The van der Waals surface area contributed by atoms with Gasteiger partial charge in [0.1, 0.15) is 0 Å². The van der Waals surface area contributed by atoms with Crippen molar-refractivity contribution in [1.29, 1.82) is 0 Å². The van der Waals surface area contributed by atoms with Crippen LogP contribution in [0.3, 0.4) is 0 Å². The number of hydrogen-bond acceptors (Lipinski definition) is 1. The summed E-state index contributed by atoms with van der Waals surface area (Å²) in [6.07, 6.45) is 6.19. The number of fused-ring (bicyclic) bond motifs is 2. The average molecular weight is 281 g/mol. The number of pyridine rings is 1. The number of rotatable bonds is 2. The molecule has 0 aliphatic heterocycles. The minimum atomic E-state index is 1.03. The second-order valence-electron chi connectivity index (χ2n) is 5.36. The van der Waals surface area contributed by atoms with Crippen molar-refractivity contribution in [3.8, 4) is 0 Å². The van der Waals surface area contributed by atoms with Crippen LogP contribution in [0.25, 0.3) is 33.8 Å².